The van der Waals surface area contributed by atoms with Gasteiger partial charge in [-0.3, -0.25) is 4.90 Å². The van der Waals surface area contributed by atoms with Crippen LogP contribution in [-0.2, 0) is 0 Å². The first-order chi connectivity index (χ1) is 7.36. The number of alkyl halides is 3. The molecule has 0 radical (unpaired) electrons. The smallest absolute Gasteiger partial charge is 0.329 e. The zero-order chi connectivity index (χ0) is 12.3. The number of rotatable bonds is 3. The van der Waals surface area contributed by atoms with Crippen LogP contribution in [0, 0.1) is 5.92 Å². The number of hydrogen-bond donors (Lipinski definition) is 1. The lowest BCUT2D eigenvalue weighted by Gasteiger charge is -2.35. The summed E-state index contributed by atoms with van der Waals surface area (Å²) in [6, 6.07) is 0.172. The van der Waals surface area contributed by atoms with Crippen LogP contribution >= 0.6 is 0 Å². The van der Waals surface area contributed by atoms with E-state index in [2.05, 4.69) is 0 Å². The highest BCUT2D eigenvalue weighted by Gasteiger charge is 2.35. The largest absolute Gasteiger partial charge is 0.412 e. The Morgan fingerprint density at radius 2 is 2.06 bits per heavy atom. The summed E-state index contributed by atoms with van der Waals surface area (Å²) in [7, 11) is 0. The molecule has 0 aromatic carbocycles. The van der Waals surface area contributed by atoms with E-state index in [4.69, 9.17) is 5.73 Å². The molecule has 1 unspecified atom stereocenters. The molecule has 1 aliphatic rings. The van der Waals surface area contributed by atoms with E-state index in [0.717, 1.165) is 0 Å². The Labute approximate surface area is 94.3 Å². The standard InChI is InChI=1S/C11H19F3N2/c1-8(2)10(7-15)16-5-3-9(4-6-16)11(12,13)14/h3,8,10H,4-7,15H2,1-2H3. The molecule has 0 aromatic heterocycles. The first kappa shape index (κ1) is 13.5. The van der Waals surface area contributed by atoms with Crippen LogP contribution in [-0.4, -0.2) is 36.8 Å². The summed E-state index contributed by atoms with van der Waals surface area (Å²) in [5.41, 5.74) is 5.24. The average Bonchev–Trinajstić information content (AvgIpc) is 2.17. The van der Waals surface area contributed by atoms with Crippen molar-refractivity contribution in [3.8, 4) is 0 Å². The Bertz CT molecular complexity index is 258. The van der Waals surface area contributed by atoms with Gasteiger partial charge in [-0.05, 0) is 12.3 Å². The molecular formula is C11H19F3N2. The predicted molar refractivity (Wildman–Crippen MR) is 58.0 cm³/mol. The quantitative estimate of drug-likeness (QED) is 0.761. The second kappa shape index (κ2) is 5.19. The van der Waals surface area contributed by atoms with Crippen molar-refractivity contribution in [3.63, 3.8) is 0 Å². The van der Waals surface area contributed by atoms with Gasteiger partial charge in [-0.1, -0.05) is 19.9 Å². The third kappa shape index (κ3) is 3.22. The Balaban J connectivity index is 2.63. The normalized spacial score (nSPS) is 21.1. The van der Waals surface area contributed by atoms with Gasteiger partial charge in [-0.15, -0.1) is 0 Å². The summed E-state index contributed by atoms with van der Waals surface area (Å²) < 4.78 is 37.2. The maximum atomic E-state index is 12.4. The van der Waals surface area contributed by atoms with Gasteiger partial charge in [0.25, 0.3) is 0 Å². The van der Waals surface area contributed by atoms with E-state index in [9.17, 15) is 13.2 Å². The highest BCUT2D eigenvalue weighted by molar-refractivity contribution is 5.13. The molecule has 16 heavy (non-hydrogen) atoms. The van der Waals surface area contributed by atoms with Crippen molar-refractivity contribution in [1.29, 1.82) is 0 Å². The molecule has 2 nitrogen and oxygen atoms in total. The van der Waals surface area contributed by atoms with Gasteiger partial charge in [0.15, 0.2) is 0 Å². The number of nitrogens with zero attached hydrogens (tertiary/aromatic N) is 1. The number of nitrogens with two attached hydrogens (primary N) is 1. The molecule has 2 N–H and O–H groups in total. The molecule has 0 saturated carbocycles. The van der Waals surface area contributed by atoms with Gasteiger partial charge in [0.2, 0.25) is 0 Å². The van der Waals surface area contributed by atoms with Crippen LogP contribution in [0.25, 0.3) is 0 Å². The lowest BCUT2D eigenvalue weighted by atomic mass is 9.99. The molecule has 94 valence electrons. The van der Waals surface area contributed by atoms with Crippen LogP contribution in [0.1, 0.15) is 20.3 Å². The maximum Gasteiger partial charge on any atom is 0.412 e. The van der Waals surface area contributed by atoms with E-state index in [1.54, 1.807) is 0 Å². The minimum atomic E-state index is -4.16. The van der Waals surface area contributed by atoms with Gasteiger partial charge in [-0.25, -0.2) is 0 Å². The minimum Gasteiger partial charge on any atom is -0.329 e. The highest BCUT2D eigenvalue weighted by Crippen LogP contribution is 2.30. The summed E-state index contributed by atoms with van der Waals surface area (Å²) in [4.78, 5) is 2.03. The zero-order valence-electron chi connectivity index (χ0n) is 9.72. The molecule has 0 aromatic rings. The van der Waals surface area contributed by atoms with Gasteiger partial charge < -0.3 is 5.73 Å². The SMILES string of the molecule is CC(C)C(CN)N1CC=C(C(F)(F)F)CC1. The van der Waals surface area contributed by atoms with Crippen LogP contribution in [0.5, 0.6) is 0 Å². The summed E-state index contributed by atoms with van der Waals surface area (Å²) in [6.45, 7) is 5.38. The van der Waals surface area contributed by atoms with Crippen LogP contribution in [0.2, 0.25) is 0 Å². The Morgan fingerprint density at radius 1 is 1.44 bits per heavy atom. The fourth-order valence-electron chi connectivity index (χ4n) is 2.09. The summed E-state index contributed by atoms with van der Waals surface area (Å²) in [5, 5.41) is 0. The molecule has 0 saturated heterocycles. The van der Waals surface area contributed by atoms with Crippen LogP contribution in [0.3, 0.4) is 0 Å². The van der Waals surface area contributed by atoms with Crippen molar-refractivity contribution in [2.45, 2.75) is 32.5 Å². The van der Waals surface area contributed by atoms with Crippen molar-refractivity contribution in [1.82, 2.24) is 4.90 Å². The fourth-order valence-corrected chi connectivity index (χ4v) is 2.09. The minimum absolute atomic E-state index is 0.0761. The van der Waals surface area contributed by atoms with E-state index in [1.807, 2.05) is 18.7 Å². The molecular weight excluding hydrogens is 217 g/mol. The summed E-state index contributed by atoms with van der Waals surface area (Å²) in [5.74, 6) is 0.367. The molecule has 5 heteroatoms. The van der Waals surface area contributed by atoms with Crippen LogP contribution in [0.4, 0.5) is 13.2 Å². The molecule has 1 atom stereocenters. The molecule has 0 aliphatic carbocycles. The van der Waals surface area contributed by atoms with E-state index in [0.29, 0.717) is 25.6 Å². The molecule has 0 fully saturated rings. The first-order valence-electron chi connectivity index (χ1n) is 5.56. The molecule has 1 rings (SSSR count). The molecule has 0 spiro atoms. The molecule has 1 heterocycles. The Morgan fingerprint density at radius 3 is 2.38 bits per heavy atom. The second-order valence-corrected chi connectivity index (χ2v) is 4.52. The van der Waals surface area contributed by atoms with Gasteiger partial charge in [0, 0.05) is 31.2 Å². The van der Waals surface area contributed by atoms with Crippen molar-refractivity contribution in [2.24, 2.45) is 11.7 Å². The molecule has 1 aliphatic heterocycles. The number of hydrogen-bond acceptors (Lipinski definition) is 2. The lowest BCUT2D eigenvalue weighted by molar-refractivity contribution is -0.0965. The summed E-state index contributed by atoms with van der Waals surface area (Å²) in [6.07, 6.45) is -2.80. The van der Waals surface area contributed by atoms with Gasteiger partial charge in [0.05, 0.1) is 0 Å². The Hall–Kier alpha value is -0.550. The topological polar surface area (TPSA) is 29.3 Å². The number of halogens is 3. The van der Waals surface area contributed by atoms with Gasteiger partial charge in [0.1, 0.15) is 0 Å². The van der Waals surface area contributed by atoms with E-state index in [1.165, 1.54) is 6.08 Å². The third-order valence-corrected chi connectivity index (χ3v) is 3.08. The average molecular weight is 236 g/mol. The van der Waals surface area contributed by atoms with Crippen molar-refractivity contribution in [3.05, 3.63) is 11.6 Å². The lowest BCUT2D eigenvalue weighted by Crippen LogP contribution is -2.46. The van der Waals surface area contributed by atoms with Gasteiger partial charge >= 0.3 is 6.18 Å². The van der Waals surface area contributed by atoms with Crippen molar-refractivity contribution >= 4 is 0 Å². The first-order valence-corrected chi connectivity index (χ1v) is 5.56. The Kier molecular flexibility index (Phi) is 4.38. The molecule has 0 bridgehead atoms. The second-order valence-electron chi connectivity index (χ2n) is 4.52. The maximum absolute atomic E-state index is 12.4. The van der Waals surface area contributed by atoms with Crippen LogP contribution in [0.15, 0.2) is 11.6 Å². The highest BCUT2D eigenvalue weighted by atomic mass is 19.4. The molecule has 0 amide bonds. The fraction of sp³-hybridized carbons (Fsp3) is 0.818. The summed E-state index contributed by atoms with van der Waals surface area (Å²) >= 11 is 0. The van der Waals surface area contributed by atoms with Crippen LogP contribution < -0.4 is 5.73 Å². The van der Waals surface area contributed by atoms with Crippen molar-refractivity contribution < 1.29 is 13.2 Å². The van der Waals surface area contributed by atoms with E-state index >= 15 is 0 Å². The van der Waals surface area contributed by atoms with E-state index in [-0.39, 0.29) is 12.5 Å². The third-order valence-electron chi connectivity index (χ3n) is 3.08. The zero-order valence-corrected chi connectivity index (χ0v) is 9.72. The monoisotopic (exact) mass is 236 g/mol. The van der Waals surface area contributed by atoms with E-state index < -0.39 is 11.7 Å². The predicted octanol–water partition coefficient (Wildman–Crippen LogP) is 2.16. The van der Waals surface area contributed by atoms with Crippen molar-refractivity contribution in [2.75, 3.05) is 19.6 Å². The van der Waals surface area contributed by atoms with Gasteiger partial charge in [-0.2, -0.15) is 13.2 Å².